The zero-order chi connectivity index (χ0) is 14.0. The molecule has 0 aromatic carbocycles. The topological polar surface area (TPSA) is 115 Å². The number of aliphatic hydroxyl groups excluding tert-OH is 1. The lowest BCUT2D eigenvalue weighted by molar-refractivity contribution is -0.384. The lowest BCUT2D eigenvalue weighted by atomic mass is 10.2. The van der Waals surface area contributed by atoms with Crippen LogP contribution in [0.25, 0.3) is 0 Å². The number of aliphatic hydroxyl groups is 1. The number of hydrogen-bond acceptors (Lipinski definition) is 7. The van der Waals surface area contributed by atoms with Crippen LogP contribution < -0.4 is 10.6 Å². The minimum Gasteiger partial charge on any atom is -0.394 e. The van der Waals surface area contributed by atoms with Gasteiger partial charge in [0.15, 0.2) is 0 Å². The predicted molar refractivity (Wildman–Crippen MR) is 68.9 cm³/mol. The first-order chi connectivity index (χ1) is 9.02. The van der Waals surface area contributed by atoms with E-state index in [1.54, 1.807) is 4.90 Å². The Labute approximate surface area is 109 Å². The van der Waals surface area contributed by atoms with E-state index in [-0.39, 0.29) is 36.1 Å². The molecule has 1 aromatic heterocycles. The smallest absolute Gasteiger partial charge is 0.311 e. The molecule has 0 saturated carbocycles. The summed E-state index contributed by atoms with van der Waals surface area (Å²) in [6, 6.07) is 2.67. The van der Waals surface area contributed by atoms with Crippen molar-refractivity contribution in [1.29, 1.82) is 0 Å². The fourth-order valence-corrected chi connectivity index (χ4v) is 2.03. The SMILES string of the molecule is CC1COC(CO)CN1c1nc(N)ccc1[N+](=O)[O-]. The molecule has 1 saturated heterocycles. The van der Waals surface area contributed by atoms with E-state index in [2.05, 4.69) is 4.98 Å². The van der Waals surface area contributed by atoms with Crippen molar-refractivity contribution in [2.75, 3.05) is 30.4 Å². The number of ether oxygens (including phenoxy) is 1. The fourth-order valence-electron chi connectivity index (χ4n) is 2.03. The minimum absolute atomic E-state index is 0.0733. The van der Waals surface area contributed by atoms with Crippen LogP contribution in [0.2, 0.25) is 0 Å². The predicted octanol–water partition coefficient (Wildman–Crippen LogP) is 0.158. The Hall–Kier alpha value is -1.93. The van der Waals surface area contributed by atoms with E-state index in [4.69, 9.17) is 15.6 Å². The van der Waals surface area contributed by atoms with Gasteiger partial charge in [-0.2, -0.15) is 0 Å². The van der Waals surface area contributed by atoms with E-state index in [1.165, 1.54) is 12.1 Å². The summed E-state index contributed by atoms with van der Waals surface area (Å²) < 4.78 is 5.40. The third-order valence-electron chi connectivity index (χ3n) is 3.05. The number of aromatic nitrogens is 1. The van der Waals surface area contributed by atoms with Crippen molar-refractivity contribution >= 4 is 17.3 Å². The number of nitrogen functional groups attached to an aromatic ring is 1. The zero-order valence-electron chi connectivity index (χ0n) is 10.5. The summed E-state index contributed by atoms with van der Waals surface area (Å²) >= 11 is 0. The van der Waals surface area contributed by atoms with Crippen molar-refractivity contribution in [3.05, 3.63) is 22.2 Å². The van der Waals surface area contributed by atoms with Gasteiger partial charge in [-0.05, 0) is 13.0 Å². The van der Waals surface area contributed by atoms with Gasteiger partial charge in [-0.25, -0.2) is 4.98 Å². The molecular formula is C11H16N4O4. The van der Waals surface area contributed by atoms with Gasteiger partial charge in [0, 0.05) is 12.6 Å². The van der Waals surface area contributed by atoms with Crippen LogP contribution in [0, 0.1) is 10.1 Å². The normalized spacial score (nSPS) is 23.4. The Kier molecular flexibility index (Phi) is 3.82. The van der Waals surface area contributed by atoms with Gasteiger partial charge in [-0.1, -0.05) is 0 Å². The highest BCUT2D eigenvalue weighted by molar-refractivity contribution is 5.61. The molecule has 19 heavy (non-hydrogen) atoms. The third kappa shape index (κ3) is 2.74. The molecule has 2 atom stereocenters. The highest BCUT2D eigenvalue weighted by atomic mass is 16.6. The van der Waals surface area contributed by atoms with Crippen LogP contribution in [0.1, 0.15) is 6.92 Å². The van der Waals surface area contributed by atoms with Crippen molar-refractivity contribution in [3.63, 3.8) is 0 Å². The van der Waals surface area contributed by atoms with Gasteiger partial charge in [0.25, 0.3) is 0 Å². The average Bonchev–Trinajstić information content (AvgIpc) is 2.38. The molecule has 0 radical (unpaired) electrons. The second-order valence-corrected chi connectivity index (χ2v) is 4.48. The van der Waals surface area contributed by atoms with Gasteiger partial charge in [0.2, 0.25) is 5.82 Å². The Morgan fingerprint density at radius 2 is 2.42 bits per heavy atom. The lowest BCUT2D eigenvalue weighted by Gasteiger charge is -2.37. The van der Waals surface area contributed by atoms with Crippen LogP contribution in [-0.4, -0.2) is 46.9 Å². The molecule has 8 nitrogen and oxygen atoms in total. The maximum absolute atomic E-state index is 11.1. The van der Waals surface area contributed by atoms with Gasteiger partial charge in [0.1, 0.15) is 5.82 Å². The molecule has 2 heterocycles. The van der Waals surface area contributed by atoms with Crippen LogP contribution in [-0.2, 0) is 4.74 Å². The number of hydrogen-bond donors (Lipinski definition) is 2. The van der Waals surface area contributed by atoms with E-state index in [0.717, 1.165) is 0 Å². The van der Waals surface area contributed by atoms with E-state index in [1.807, 2.05) is 6.92 Å². The largest absolute Gasteiger partial charge is 0.394 e. The maximum Gasteiger partial charge on any atom is 0.311 e. The fraction of sp³-hybridized carbons (Fsp3) is 0.545. The number of anilines is 2. The average molecular weight is 268 g/mol. The van der Waals surface area contributed by atoms with Crippen molar-refractivity contribution in [2.24, 2.45) is 0 Å². The van der Waals surface area contributed by atoms with Gasteiger partial charge in [-0.15, -0.1) is 0 Å². The van der Waals surface area contributed by atoms with Crippen LogP contribution in [0.15, 0.2) is 12.1 Å². The Morgan fingerprint density at radius 3 is 3.05 bits per heavy atom. The highest BCUT2D eigenvalue weighted by Gasteiger charge is 2.31. The first kappa shape index (κ1) is 13.5. The molecule has 1 aliphatic rings. The molecule has 3 N–H and O–H groups in total. The Morgan fingerprint density at radius 1 is 1.68 bits per heavy atom. The summed E-state index contributed by atoms with van der Waals surface area (Å²) in [7, 11) is 0. The molecule has 8 heteroatoms. The molecule has 1 aromatic rings. The Bertz CT molecular complexity index is 482. The maximum atomic E-state index is 11.1. The van der Waals surface area contributed by atoms with Crippen LogP contribution in [0.4, 0.5) is 17.3 Å². The van der Waals surface area contributed by atoms with Crippen molar-refractivity contribution in [3.8, 4) is 0 Å². The third-order valence-corrected chi connectivity index (χ3v) is 3.05. The van der Waals surface area contributed by atoms with Crippen LogP contribution >= 0.6 is 0 Å². The molecular weight excluding hydrogens is 252 g/mol. The van der Waals surface area contributed by atoms with Crippen molar-refractivity contribution < 1.29 is 14.8 Å². The number of nitrogens with two attached hydrogens (primary N) is 1. The van der Waals surface area contributed by atoms with Crippen LogP contribution in [0.5, 0.6) is 0 Å². The number of morpholine rings is 1. The van der Waals surface area contributed by atoms with Crippen LogP contribution in [0.3, 0.4) is 0 Å². The Balaban J connectivity index is 2.38. The number of nitro groups is 1. The number of rotatable bonds is 3. The molecule has 0 spiro atoms. The number of pyridine rings is 1. The van der Waals surface area contributed by atoms with E-state index >= 15 is 0 Å². The van der Waals surface area contributed by atoms with E-state index in [9.17, 15) is 10.1 Å². The minimum atomic E-state index is -0.488. The standard InChI is InChI=1S/C11H16N4O4/c1-7-6-19-8(5-16)4-14(7)11-9(15(17)18)2-3-10(12)13-11/h2-3,7-8,16H,4-6H2,1H3,(H2,12,13). The quantitative estimate of drug-likeness (QED) is 0.592. The van der Waals surface area contributed by atoms with Gasteiger partial charge >= 0.3 is 5.69 Å². The molecule has 1 fully saturated rings. The first-order valence-electron chi connectivity index (χ1n) is 5.93. The van der Waals surface area contributed by atoms with Crippen molar-refractivity contribution in [1.82, 2.24) is 4.98 Å². The van der Waals surface area contributed by atoms with Gasteiger partial charge < -0.3 is 20.5 Å². The molecule has 0 amide bonds. The molecule has 2 unspecified atom stereocenters. The molecule has 1 aliphatic heterocycles. The lowest BCUT2D eigenvalue weighted by Crippen LogP contribution is -2.50. The summed E-state index contributed by atoms with van der Waals surface area (Å²) in [6.45, 7) is 2.45. The molecule has 2 rings (SSSR count). The summed E-state index contributed by atoms with van der Waals surface area (Å²) in [5, 5.41) is 20.2. The summed E-state index contributed by atoms with van der Waals surface area (Å²) in [5.74, 6) is 0.444. The van der Waals surface area contributed by atoms with Crippen molar-refractivity contribution in [2.45, 2.75) is 19.1 Å². The highest BCUT2D eigenvalue weighted by Crippen LogP contribution is 2.30. The zero-order valence-corrected chi connectivity index (χ0v) is 10.5. The summed E-state index contributed by atoms with van der Waals surface area (Å²) in [4.78, 5) is 16.4. The molecule has 104 valence electrons. The summed E-state index contributed by atoms with van der Waals surface area (Å²) in [5.41, 5.74) is 5.51. The van der Waals surface area contributed by atoms with Gasteiger partial charge in [0.05, 0.1) is 30.3 Å². The molecule has 0 bridgehead atoms. The second kappa shape index (κ2) is 5.37. The van der Waals surface area contributed by atoms with Gasteiger partial charge in [-0.3, -0.25) is 10.1 Å². The monoisotopic (exact) mass is 268 g/mol. The first-order valence-corrected chi connectivity index (χ1v) is 5.93. The van der Waals surface area contributed by atoms with E-state index in [0.29, 0.717) is 13.2 Å². The van der Waals surface area contributed by atoms with E-state index < -0.39 is 4.92 Å². The number of nitrogens with zero attached hydrogens (tertiary/aromatic N) is 3. The summed E-state index contributed by atoms with van der Waals surface area (Å²) in [6.07, 6.45) is -0.376. The molecule has 0 aliphatic carbocycles. The second-order valence-electron chi connectivity index (χ2n) is 4.48.